The molecule has 1 atom stereocenters. The van der Waals surface area contributed by atoms with Crippen molar-refractivity contribution in [3.63, 3.8) is 0 Å². The van der Waals surface area contributed by atoms with E-state index in [9.17, 15) is 0 Å². The first kappa shape index (κ1) is 14.1. The molecule has 2 aliphatic carbocycles. The van der Waals surface area contributed by atoms with E-state index in [1.165, 1.54) is 51.4 Å². The lowest BCUT2D eigenvalue weighted by molar-refractivity contribution is 0.106. The minimum absolute atomic E-state index is 0.430. The van der Waals surface area contributed by atoms with Crippen LogP contribution >= 0.6 is 0 Å². The third-order valence-electron chi connectivity index (χ3n) is 5.74. The summed E-state index contributed by atoms with van der Waals surface area (Å²) in [5.74, 6) is 0.893. The molecule has 3 rings (SSSR count). The Morgan fingerprint density at radius 2 is 1.75 bits per heavy atom. The van der Waals surface area contributed by atoms with Gasteiger partial charge in [0.25, 0.3) is 0 Å². The lowest BCUT2D eigenvalue weighted by Crippen LogP contribution is -2.56. The van der Waals surface area contributed by atoms with Crippen molar-refractivity contribution in [2.45, 2.75) is 69.7 Å². The molecule has 1 nitrogen and oxygen atoms in total. The van der Waals surface area contributed by atoms with Crippen molar-refractivity contribution in [2.24, 2.45) is 5.92 Å². The van der Waals surface area contributed by atoms with Gasteiger partial charge in [0.2, 0.25) is 0 Å². The number of benzene rings is 1. The molecule has 0 heterocycles. The summed E-state index contributed by atoms with van der Waals surface area (Å²) in [6.07, 6.45) is 11.4. The molecule has 0 bridgehead atoms. The molecule has 2 fully saturated rings. The van der Waals surface area contributed by atoms with Crippen LogP contribution in [0.5, 0.6) is 0 Å². The highest BCUT2D eigenvalue weighted by Gasteiger charge is 2.47. The van der Waals surface area contributed by atoms with Gasteiger partial charge < -0.3 is 5.32 Å². The maximum atomic E-state index is 3.89. The normalized spacial score (nSPS) is 24.1. The molecular formula is C19H29N. The standard InChI is InChI=1S/C19H29N/c1-2-20-18(16-10-5-3-6-11-16)19(14-9-15-19)17-12-7-4-8-13-17/h4,7-8,12-13,16,18,20H,2-3,5-6,9-11,14-15H2,1H3. The molecule has 0 radical (unpaired) electrons. The fourth-order valence-corrected chi connectivity index (χ4v) is 4.61. The second-order valence-corrected chi connectivity index (χ2v) is 6.81. The van der Waals surface area contributed by atoms with E-state index in [4.69, 9.17) is 0 Å². The molecule has 0 saturated heterocycles. The van der Waals surface area contributed by atoms with Gasteiger partial charge in [-0.25, -0.2) is 0 Å². The molecule has 2 saturated carbocycles. The maximum Gasteiger partial charge on any atom is 0.0192 e. The second kappa shape index (κ2) is 6.30. The van der Waals surface area contributed by atoms with E-state index in [1.54, 1.807) is 5.56 Å². The number of nitrogens with one attached hydrogen (secondary N) is 1. The largest absolute Gasteiger partial charge is 0.313 e. The minimum Gasteiger partial charge on any atom is -0.313 e. The molecule has 1 N–H and O–H groups in total. The van der Waals surface area contributed by atoms with Crippen molar-refractivity contribution in [2.75, 3.05) is 6.54 Å². The first-order valence-corrected chi connectivity index (χ1v) is 8.66. The van der Waals surface area contributed by atoms with Crippen molar-refractivity contribution < 1.29 is 0 Å². The van der Waals surface area contributed by atoms with E-state index >= 15 is 0 Å². The van der Waals surface area contributed by atoms with Gasteiger partial charge in [0.1, 0.15) is 0 Å². The number of hydrogen-bond acceptors (Lipinski definition) is 1. The van der Waals surface area contributed by atoms with E-state index < -0.39 is 0 Å². The van der Waals surface area contributed by atoms with E-state index in [0.717, 1.165) is 12.5 Å². The smallest absolute Gasteiger partial charge is 0.0192 e. The zero-order chi connectivity index (χ0) is 13.8. The summed E-state index contributed by atoms with van der Waals surface area (Å²) >= 11 is 0. The van der Waals surface area contributed by atoms with Crippen molar-refractivity contribution in [1.29, 1.82) is 0 Å². The summed E-state index contributed by atoms with van der Waals surface area (Å²) in [6, 6.07) is 12.0. The zero-order valence-corrected chi connectivity index (χ0v) is 12.9. The first-order valence-electron chi connectivity index (χ1n) is 8.66. The van der Waals surface area contributed by atoms with Crippen LogP contribution in [0.3, 0.4) is 0 Å². The highest BCUT2D eigenvalue weighted by molar-refractivity contribution is 5.31. The van der Waals surface area contributed by atoms with Crippen molar-refractivity contribution >= 4 is 0 Å². The van der Waals surface area contributed by atoms with Gasteiger partial charge in [-0.1, -0.05) is 62.9 Å². The Morgan fingerprint density at radius 1 is 1.05 bits per heavy atom. The summed E-state index contributed by atoms with van der Waals surface area (Å²) in [5, 5.41) is 3.89. The van der Waals surface area contributed by atoms with E-state index in [-0.39, 0.29) is 0 Å². The summed E-state index contributed by atoms with van der Waals surface area (Å²) < 4.78 is 0. The van der Waals surface area contributed by atoms with Gasteiger partial charge in [-0.2, -0.15) is 0 Å². The Bertz CT molecular complexity index is 401. The molecule has 2 aliphatic rings. The van der Waals surface area contributed by atoms with E-state index in [2.05, 4.69) is 42.6 Å². The van der Waals surface area contributed by atoms with Crippen LogP contribution in [0, 0.1) is 5.92 Å². The van der Waals surface area contributed by atoms with Crippen molar-refractivity contribution in [3.8, 4) is 0 Å². The Morgan fingerprint density at radius 3 is 2.30 bits per heavy atom. The molecule has 0 aliphatic heterocycles. The van der Waals surface area contributed by atoms with Gasteiger partial charge in [0.15, 0.2) is 0 Å². The van der Waals surface area contributed by atoms with Gasteiger partial charge in [0.05, 0.1) is 0 Å². The van der Waals surface area contributed by atoms with Crippen LogP contribution in [0.4, 0.5) is 0 Å². The van der Waals surface area contributed by atoms with Gasteiger partial charge in [-0.05, 0) is 43.7 Å². The maximum absolute atomic E-state index is 3.89. The average molecular weight is 271 g/mol. The van der Waals surface area contributed by atoms with Gasteiger partial charge in [-0.3, -0.25) is 0 Å². The second-order valence-electron chi connectivity index (χ2n) is 6.81. The Hall–Kier alpha value is -0.820. The fourth-order valence-electron chi connectivity index (χ4n) is 4.61. The molecule has 110 valence electrons. The third-order valence-corrected chi connectivity index (χ3v) is 5.74. The van der Waals surface area contributed by atoms with Crippen LogP contribution in [0.15, 0.2) is 30.3 Å². The topological polar surface area (TPSA) is 12.0 Å². The summed E-state index contributed by atoms with van der Waals surface area (Å²) in [6.45, 7) is 3.38. The Kier molecular flexibility index (Phi) is 4.45. The SMILES string of the molecule is CCNC(C1CCCCC1)C1(c2ccccc2)CCC1. The Labute approximate surface area is 124 Å². The van der Waals surface area contributed by atoms with Gasteiger partial charge >= 0.3 is 0 Å². The fraction of sp³-hybridized carbons (Fsp3) is 0.684. The van der Waals surface area contributed by atoms with Crippen LogP contribution in [-0.4, -0.2) is 12.6 Å². The molecule has 1 heteroatoms. The van der Waals surface area contributed by atoms with Gasteiger partial charge in [0, 0.05) is 11.5 Å². The molecule has 1 aromatic rings. The van der Waals surface area contributed by atoms with Crippen molar-refractivity contribution in [3.05, 3.63) is 35.9 Å². The molecular weight excluding hydrogens is 242 g/mol. The lowest BCUT2D eigenvalue weighted by Gasteiger charge is -2.52. The monoisotopic (exact) mass is 271 g/mol. The van der Waals surface area contributed by atoms with Crippen LogP contribution in [-0.2, 0) is 5.41 Å². The summed E-state index contributed by atoms with van der Waals surface area (Å²) in [5.41, 5.74) is 2.02. The van der Waals surface area contributed by atoms with E-state index in [0.29, 0.717) is 11.5 Å². The number of likely N-dealkylation sites (N-methyl/N-ethyl adjacent to an activating group) is 1. The highest BCUT2D eigenvalue weighted by atomic mass is 14.9. The summed E-state index contributed by atoms with van der Waals surface area (Å²) in [7, 11) is 0. The lowest BCUT2D eigenvalue weighted by atomic mass is 9.56. The molecule has 1 aromatic carbocycles. The molecule has 0 amide bonds. The molecule has 20 heavy (non-hydrogen) atoms. The van der Waals surface area contributed by atoms with E-state index in [1.807, 2.05) is 0 Å². The molecule has 0 spiro atoms. The van der Waals surface area contributed by atoms with Crippen LogP contribution in [0.25, 0.3) is 0 Å². The third kappa shape index (κ3) is 2.53. The average Bonchev–Trinajstić information content (AvgIpc) is 2.47. The quantitative estimate of drug-likeness (QED) is 0.821. The van der Waals surface area contributed by atoms with Crippen molar-refractivity contribution in [1.82, 2.24) is 5.32 Å². The molecule has 0 aromatic heterocycles. The minimum atomic E-state index is 0.430. The van der Waals surface area contributed by atoms with Crippen LogP contribution in [0.2, 0.25) is 0 Å². The van der Waals surface area contributed by atoms with Crippen LogP contribution in [0.1, 0.15) is 63.9 Å². The van der Waals surface area contributed by atoms with Crippen LogP contribution < -0.4 is 5.32 Å². The zero-order valence-electron chi connectivity index (χ0n) is 12.9. The van der Waals surface area contributed by atoms with Gasteiger partial charge in [-0.15, -0.1) is 0 Å². The predicted molar refractivity (Wildman–Crippen MR) is 86.0 cm³/mol. The highest BCUT2D eigenvalue weighted by Crippen LogP contribution is 2.50. The first-order chi connectivity index (χ1) is 9.87. The Balaban J connectivity index is 1.87. The predicted octanol–water partition coefficient (Wildman–Crippen LogP) is 4.67. The number of hydrogen-bond donors (Lipinski definition) is 1. The molecule has 1 unspecified atom stereocenters. The number of rotatable bonds is 5. The summed E-state index contributed by atoms with van der Waals surface area (Å²) in [4.78, 5) is 0.